The molecule has 1 rings (SSSR count). The van der Waals surface area contributed by atoms with Crippen LogP contribution in [-0.4, -0.2) is 6.17 Å². The average molecular weight is 222 g/mol. The van der Waals surface area contributed by atoms with Crippen molar-refractivity contribution >= 4 is 0 Å². The Hall–Kier alpha value is -0.600. The fourth-order valence-corrected chi connectivity index (χ4v) is 2.89. The monoisotopic (exact) mass is 222 g/mol. The fourth-order valence-electron chi connectivity index (χ4n) is 2.89. The lowest BCUT2D eigenvalue weighted by Crippen LogP contribution is -2.44. The first-order valence-electron chi connectivity index (χ1n) is 5.96. The highest BCUT2D eigenvalue weighted by Crippen LogP contribution is 2.51. The van der Waals surface area contributed by atoms with Crippen LogP contribution in [0.2, 0.25) is 0 Å². The molecule has 0 spiro atoms. The summed E-state index contributed by atoms with van der Waals surface area (Å²) in [6, 6.07) is 0. The van der Waals surface area contributed by atoms with Gasteiger partial charge in [0.2, 0.25) is 0 Å². The largest absolute Gasteiger partial charge is 0.313 e. The minimum atomic E-state index is -0.364. The van der Waals surface area contributed by atoms with Crippen LogP contribution in [0.4, 0.5) is 0 Å². The van der Waals surface area contributed by atoms with E-state index in [1.165, 1.54) is 22.3 Å². The molecule has 2 nitrogen and oxygen atoms in total. The van der Waals surface area contributed by atoms with Crippen molar-refractivity contribution < 1.29 is 0 Å². The van der Waals surface area contributed by atoms with Crippen LogP contribution < -0.4 is 11.5 Å². The number of hydrogen-bond acceptors (Lipinski definition) is 2. The standard InChI is InChI=1S/C14H26N2/c1-8-9(2)14(6,7)11(12(15)16)10(3)13(8,4)5/h12H,15-16H2,1-7H3. The summed E-state index contributed by atoms with van der Waals surface area (Å²) in [5, 5.41) is 0. The lowest BCUT2D eigenvalue weighted by atomic mass is 9.60. The maximum Gasteiger partial charge on any atom is 0.0754 e. The second kappa shape index (κ2) is 3.71. The van der Waals surface area contributed by atoms with E-state index in [1.807, 2.05) is 0 Å². The zero-order valence-corrected chi connectivity index (χ0v) is 11.7. The first-order chi connectivity index (χ1) is 7.04. The van der Waals surface area contributed by atoms with E-state index in [1.54, 1.807) is 0 Å². The molecule has 16 heavy (non-hydrogen) atoms. The topological polar surface area (TPSA) is 52.0 Å². The van der Waals surface area contributed by atoms with Crippen molar-refractivity contribution in [2.45, 2.75) is 54.6 Å². The molecule has 0 aromatic heterocycles. The molecule has 0 saturated heterocycles. The van der Waals surface area contributed by atoms with Gasteiger partial charge in [0.05, 0.1) is 6.17 Å². The van der Waals surface area contributed by atoms with Gasteiger partial charge in [-0.05, 0) is 26.3 Å². The maximum absolute atomic E-state index is 5.96. The van der Waals surface area contributed by atoms with Gasteiger partial charge in [-0.1, -0.05) is 44.4 Å². The summed E-state index contributed by atoms with van der Waals surface area (Å²) in [6.45, 7) is 15.5. The highest BCUT2D eigenvalue weighted by atomic mass is 14.9. The first-order valence-corrected chi connectivity index (χ1v) is 5.96. The average Bonchev–Trinajstić information content (AvgIpc) is 2.12. The van der Waals surface area contributed by atoms with Crippen LogP contribution in [0.3, 0.4) is 0 Å². The summed E-state index contributed by atoms with van der Waals surface area (Å²) in [4.78, 5) is 0. The molecule has 0 heterocycles. The third-order valence-electron chi connectivity index (χ3n) is 4.79. The molecule has 0 aliphatic heterocycles. The van der Waals surface area contributed by atoms with Crippen molar-refractivity contribution in [3.63, 3.8) is 0 Å². The SMILES string of the molecule is CC1=C(C)C(C)(C)C(C(N)N)=C(C)C1(C)C. The van der Waals surface area contributed by atoms with Gasteiger partial charge in [-0.2, -0.15) is 0 Å². The first kappa shape index (κ1) is 13.5. The lowest BCUT2D eigenvalue weighted by Gasteiger charge is -2.46. The van der Waals surface area contributed by atoms with Crippen LogP contribution in [0.25, 0.3) is 0 Å². The molecule has 0 aromatic rings. The zero-order valence-electron chi connectivity index (χ0n) is 11.7. The Morgan fingerprint density at radius 3 is 1.50 bits per heavy atom. The molecule has 0 fully saturated rings. The number of rotatable bonds is 1. The van der Waals surface area contributed by atoms with Gasteiger partial charge in [0, 0.05) is 10.8 Å². The van der Waals surface area contributed by atoms with E-state index in [9.17, 15) is 0 Å². The third-order valence-corrected chi connectivity index (χ3v) is 4.79. The summed E-state index contributed by atoms with van der Waals surface area (Å²) in [5.41, 5.74) is 17.3. The second-order valence-corrected chi connectivity index (χ2v) is 6.06. The second-order valence-electron chi connectivity index (χ2n) is 6.06. The Labute approximate surface area is 99.8 Å². The van der Waals surface area contributed by atoms with E-state index >= 15 is 0 Å². The van der Waals surface area contributed by atoms with Gasteiger partial charge in [0.1, 0.15) is 0 Å². The van der Waals surface area contributed by atoms with Gasteiger partial charge in [-0.25, -0.2) is 0 Å². The molecule has 0 atom stereocenters. The number of allylic oxidation sites excluding steroid dienone is 3. The molecule has 0 bridgehead atoms. The summed E-state index contributed by atoms with van der Waals surface area (Å²) >= 11 is 0. The van der Waals surface area contributed by atoms with E-state index in [0.717, 1.165) is 0 Å². The van der Waals surface area contributed by atoms with E-state index in [-0.39, 0.29) is 17.0 Å². The third kappa shape index (κ3) is 1.64. The van der Waals surface area contributed by atoms with Crippen molar-refractivity contribution in [1.29, 1.82) is 0 Å². The van der Waals surface area contributed by atoms with Crippen LogP contribution in [0.5, 0.6) is 0 Å². The molecule has 1 aliphatic carbocycles. The molecule has 2 heteroatoms. The minimum Gasteiger partial charge on any atom is -0.313 e. The Morgan fingerprint density at radius 1 is 0.750 bits per heavy atom. The van der Waals surface area contributed by atoms with Gasteiger partial charge in [-0.15, -0.1) is 0 Å². The van der Waals surface area contributed by atoms with Crippen molar-refractivity contribution in [1.82, 2.24) is 0 Å². The lowest BCUT2D eigenvalue weighted by molar-refractivity contribution is 0.399. The Morgan fingerprint density at radius 2 is 1.12 bits per heavy atom. The number of hydrogen-bond donors (Lipinski definition) is 2. The molecule has 4 N–H and O–H groups in total. The smallest absolute Gasteiger partial charge is 0.0754 e. The Bertz CT molecular complexity index is 368. The minimum absolute atomic E-state index is 0.0160. The normalized spacial score (nSPS) is 24.4. The summed E-state index contributed by atoms with van der Waals surface area (Å²) < 4.78 is 0. The van der Waals surface area contributed by atoms with Crippen LogP contribution >= 0.6 is 0 Å². The van der Waals surface area contributed by atoms with E-state index in [0.29, 0.717) is 0 Å². The van der Waals surface area contributed by atoms with Crippen LogP contribution in [0, 0.1) is 10.8 Å². The van der Waals surface area contributed by atoms with Crippen LogP contribution in [-0.2, 0) is 0 Å². The van der Waals surface area contributed by atoms with Gasteiger partial charge in [0.25, 0.3) is 0 Å². The molecular formula is C14H26N2. The quantitative estimate of drug-likeness (QED) is 0.529. The zero-order chi connectivity index (χ0) is 12.9. The van der Waals surface area contributed by atoms with Crippen molar-refractivity contribution in [2.24, 2.45) is 22.3 Å². The van der Waals surface area contributed by atoms with E-state index < -0.39 is 0 Å². The van der Waals surface area contributed by atoms with Crippen LogP contribution in [0.1, 0.15) is 48.5 Å². The molecule has 0 amide bonds. The maximum atomic E-state index is 5.96. The van der Waals surface area contributed by atoms with Crippen molar-refractivity contribution in [3.05, 3.63) is 22.3 Å². The molecule has 0 aromatic carbocycles. The van der Waals surface area contributed by atoms with E-state index in [2.05, 4.69) is 48.5 Å². The summed E-state index contributed by atoms with van der Waals surface area (Å²) in [5.74, 6) is 0. The molecule has 0 radical (unpaired) electrons. The molecule has 0 unspecified atom stereocenters. The van der Waals surface area contributed by atoms with Gasteiger partial charge in [-0.3, -0.25) is 0 Å². The summed E-state index contributed by atoms with van der Waals surface area (Å²) in [7, 11) is 0. The molecule has 1 aliphatic rings. The van der Waals surface area contributed by atoms with Gasteiger partial charge >= 0.3 is 0 Å². The highest BCUT2D eigenvalue weighted by molar-refractivity contribution is 5.46. The Balaban J connectivity index is 3.53. The Kier molecular flexibility index (Phi) is 3.12. The van der Waals surface area contributed by atoms with E-state index in [4.69, 9.17) is 11.5 Å². The fraction of sp³-hybridized carbons (Fsp3) is 0.714. The molecule has 92 valence electrons. The van der Waals surface area contributed by atoms with Gasteiger partial charge < -0.3 is 11.5 Å². The highest BCUT2D eigenvalue weighted by Gasteiger charge is 2.41. The predicted molar refractivity (Wildman–Crippen MR) is 70.8 cm³/mol. The van der Waals surface area contributed by atoms with Crippen LogP contribution in [0.15, 0.2) is 22.3 Å². The van der Waals surface area contributed by atoms with Crippen molar-refractivity contribution in [3.8, 4) is 0 Å². The van der Waals surface area contributed by atoms with Crippen molar-refractivity contribution in [2.75, 3.05) is 0 Å². The van der Waals surface area contributed by atoms with Gasteiger partial charge in [0.15, 0.2) is 0 Å². The molecule has 0 saturated carbocycles. The predicted octanol–water partition coefficient (Wildman–Crippen LogP) is 2.95. The molecular weight excluding hydrogens is 196 g/mol. The summed E-state index contributed by atoms with van der Waals surface area (Å²) in [6.07, 6.45) is -0.364. The number of nitrogens with two attached hydrogens (primary N) is 2.